The predicted molar refractivity (Wildman–Crippen MR) is 102 cm³/mol. The summed E-state index contributed by atoms with van der Waals surface area (Å²) in [7, 11) is 0. The van der Waals surface area contributed by atoms with Gasteiger partial charge in [-0.05, 0) is 30.9 Å². The average Bonchev–Trinajstić information content (AvgIpc) is 3.24. The third-order valence-corrected chi connectivity index (χ3v) is 5.41. The molecular weight excluding hydrogens is 342 g/mol. The molecule has 130 valence electrons. The van der Waals surface area contributed by atoms with Gasteiger partial charge in [-0.3, -0.25) is 4.79 Å². The molecule has 2 N–H and O–H groups in total. The van der Waals surface area contributed by atoms with Gasteiger partial charge in [-0.15, -0.1) is 23.7 Å². The van der Waals surface area contributed by atoms with E-state index in [1.54, 1.807) is 11.3 Å². The largest absolute Gasteiger partial charge is 0.342 e. The molecule has 0 aliphatic carbocycles. The van der Waals surface area contributed by atoms with Crippen molar-refractivity contribution in [2.75, 3.05) is 19.6 Å². The van der Waals surface area contributed by atoms with E-state index >= 15 is 0 Å². The Labute approximate surface area is 153 Å². The summed E-state index contributed by atoms with van der Waals surface area (Å²) in [4.78, 5) is 18.9. The van der Waals surface area contributed by atoms with Gasteiger partial charge in [-0.2, -0.15) is 0 Å². The summed E-state index contributed by atoms with van der Waals surface area (Å²) in [6.07, 6.45) is 2.45. The van der Waals surface area contributed by atoms with Crippen LogP contribution in [0.15, 0.2) is 29.6 Å². The van der Waals surface area contributed by atoms with Crippen molar-refractivity contribution in [1.82, 2.24) is 9.88 Å². The number of nitrogens with zero attached hydrogens (tertiary/aromatic N) is 2. The highest BCUT2D eigenvalue weighted by Gasteiger charge is 2.25. The summed E-state index contributed by atoms with van der Waals surface area (Å²) in [6, 6.07) is 8.49. The van der Waals surface area contributed by atoms with Gasteiger partial charge in [0.1, 0.15) is 5.01 Å². The van der Waals surface area contributed by atoms with Crippen molar-refractivity contribution in [1.29, 1.82) is 0 Å². The number of hydrogen-bond acceptors (Lipinski definition) is 4. The molecule has 1 aromatic carbocycles. The van der Waals surface area contributed by atoms with Crippen molar-refractivity contribution in [3.05, 3.63) is 40.9 Å². The van der Waals surface area contributed by atoms with E-state index in [4.69, 9.17) is 5.73 Å². The second-order valence-electron chi connectivity index (χ2n) is 6.10. The van der Waals surface area contributed by atoms with Gasteiger partial charge < -0.3 is 10.6 Å². The molecule has 0 saturated carbocycles. The molecule has 1 saturated heterocycles. The molecule has 1 atom stereocenters. The number of carbonyl (C=O) groups is 1. The molecule has 24 heavy (non-hydrogen) atoms. The van der Waals surface area contributed by atoms with Crippen LogP contribution in [0.1, 0.15) is 24.6 Å². The maximum absolute atomic E-state index is 12.4. The van der Waals surface area contributed by atoms with Crippen molar-refractivity contribution < 1.29 is 4.79 Å². The topological polar surface area (TPSA) is 59.2 Å². The molecule has 2 heterocycles. The number of benzene rings is 1. The zero-order valence-corrected chi connectivity index (χ0v) is 15.5. The second kappa shape index (κ2) is 8.60. The fraction of sp³-hybridized carbons (Fsp3) is 0.444. The van der Waals surface area contributed by atoms with E-state index in [-0.39, 0.29) is 18.3 Å². The summed E-state index contributed by atoms with van der Waals surface area (Å²) in [5.74, 6) is 0.626. The molecule has 2 aromatic rings. The van der Waals surface area contributed by atoms with E-state index < -0.39 is 0 Å². The van der Waals surface area contributed by atoms with Crippen LogP contribution < -0.4 is 5.73 Å². The summed E-state index contributed by atoms with van der Waals surface area (Å²) in [6.45, 7) is 4.44. The molecule has 0 spiro atoms. The standard InChI is InChI=1S/C18H23N3OS.ClH/c1-2-13-3-5-15(6-4-13)18-20-16(12-23-18)9-17(22)21-8-7-14(10-19)11-21;/h3-6,12,14H,2,7-11,19H2,1H3;1H. The lowest BCUT2D eigenvalue weighted by Crippen LogP contribution is -2.31. The average molecular weight is 366 g/mol. The smallest absolute Gasteiger partial charge is 0.228 e. The summed E-state index contributed by atoms with van der Waals surface area (Å²) < 4.78 is 0. The first kappa shape index (κ1) is 18.9. The van der Waals surface area contributed by atoms with Crippen LogP contribution in [0.5, 0.6) is 0 Å². The van der Waals surface area contributed by atoms with E-state index in [9.17, 15) is 4.79 Å². The van der Waals surface area contributed by atoms with Gasteiger partial charge in [0, 0.05) is 24.0 Å². The minimum absolute atomic E-state index is 0. The molecule has 0 bridgehead atoms. The fourth-order valence-electron chi connectivity index (χ4n) is 2.92. The maximum atomic E-state index is 12.4. The van der Waals surface area contributed by atoms with E-state index in [0.717, 1.165) is 42.2 Å². The lowest BCUT2D eigenvalue weighted by molar-refractivity contribution is -0.129. The first-order valence-electron chi connectivity index (χ1n) is 8.21. The quantitative estimate of drug-likeness (QED) is 0.885. The minimum Gasteiger partial charge on any atom is -0.342 e. The summed E-state index contributed by atoms with van der Waals surface area (Å²) in [5, 5.41) is 2.98. The van der Waals surface area contributed by atoms with Crippen LogP contribution in [0.25, 0.3) is 10.6 Å². The normalized spacial score (nSPS) is 16.9. The Bertz CT molecular complexity index is 671. The first-order chi connectivity index (χ1) is 11.2. The molecule has 0 radical (unpaired) electrons. The van der Waals surface area contributed by atoms with Crippen molar-refractivity contribution in [3.8, 4) is 10.6 Å². The van der Waals surface area contributed by atoms with Crippen LogP contribution in [0.3, 0.4) is 0 Å². The first-order valence-corrected chi connectivity index (χ1v) is 9.09. The van der Waals surface area contributed by atoms with Crippen LogP contribution >= 0.6 is 23.7 Å². The molecule has 3 rings (SSSR count). The Morgan fingerprint density at radius 2 is 2.12 bits per heavy atom. The molecular formula is C18H24ClN3OS. The number of nitrogens with two attached hydrogens (primary N) is 1. The van der Waals surface area contributed by atoms with E-state index in [1.165, 1.54) is 5.56 Å². The van der Waals surface area contributed by atoms with Crippen LogP contribution in [0.2, 0.25) is 0 Å². The Morgan fingerprint density at radius 3 is 2.75 bits per heavy atom. The Hall–Kier alpha value is -1.43. The highest BCUT2D eigenvalue weighted by Crippen LogP contribution is 2.25. The molecule has 1 aliphatic rings. The molecule has 1 fully saturated rings. The molecule has 4 nitrogen and oxygen atoms in total. The monoisotopic (exact) mass is 365 g/mol. The molecule has 1 aromatic heterocycles. The summed E-state index contributed by atoms with van der Waals surface area (Å²) >= 11 is 1.60. The number of rotatable bonds is 5. The van der Waals surface area contributed by atoms with Crippen molar-refractivity contribution in [2.24, 2.45) is 11.7 Å². The van der Waals surface area contributed by atoms with Crippen LogP contribution in [0, 0.1) is 5.92 Å². The van der Waals surface area contributed by atoms with Crippen LogP contribution in [-0.4, -0.2) is 35.4 Å². The molecule has 1 unspecified atom stereocenters. The van der Waals surface area contributed by atoms with E-state index in [0.29, 0.717) is 18.9 Å². The lowest BCUT2D eigenvalue weighted by atomic mass is 10.1. The number of hydrogen-bond donors (Lipinski definition) is 1. The maximum Gasteiger partial charge on any atom is 0.228 e. The SMILES string of the molecule is CCc1ccc(-c2nc(CC(=O)N3CCC(CN)C3)cs2)cc1.Cl. The van der Waals surface area contributed by atoms with Gasteiger partial charge in [0.25, 0.3) is 0 Å². The van der Waals surface area contributed by atoms with Gasteiger partial charge in [0.2, 0.25) is 5.91 Å². The van der Waals surface area contributed by atoms with E-state index in [2.05, 4.69) is 36.2 Å². The van der Waals surface area contributed by atoms with Crippen LogP contribution in [-0.2, 0) is 17.6 Å². The van der Waals surface area contributed by atoms with Crippen LogP contribution in [0.4, 0.5) is 0 Å². The Kier molecular flexibility index (Phi) is 6.78. The zero-order valence-electron chi connectivity index (χ0n) is 13.9. The third-order valence-electron chi connectivity index (χ3n) is 4.47. The van der Waals surface area contributed by atoms with Gasteiger partial charge in [0.05, 0.1) is 12.1 Å². The second-order valence-corrected chi connectivity index (χ2v) is 6.96. The van der Waals surface area contributed by atoms with Gasteiger partial charge >= 0.3 is 0 Å². The number of likely N-dealkylation sites (tertiary alicyclic amines) is 1. The highest BCUT2D eigenvalue weighted by molar-refractivity contribution is 7.13. The van der Waals surface area contributed by atoms with Crippen molar-refractivity contribution >= 4 is 29.7 Å². The lowest BCUT2D eigenvalue weighted by Gasteiger charge is -2.15. The van der Waals surface area contributed by atoms with Crippen molar-refractivity contribution in [3.63, 3.8) is 0 Å². The predicted octanol–water partition coefficient (Wildman–Crippen LogP) is 3.14. The van der Waals surface area contributed by atoms with Gasteiger partial charge in [0.15, 0.2) is 0 Å². The highest BCUT2D eigenvalue weighted by atomic mass is 35.5. The number of aromatic nitrogens is 1. The zero-order chi connectivity index (χ0) is 16.2. The van der Waals surface area contributed by atoms with Gasteiger partial charge in [-0.25, -0.2) is 4.98 Å². The molecule has 1 amide bonds. The van der Waals surface area contributed by atoms with Gasteiger partial charge in [-0.1, -0.05) is 31.2 Å². The molecule has 1 aliphatic heterocycles. The Balaban J connectivity index is 0.00000208. The number of thiazole rings is 1. The fourth-order valence-corrected chi connectivity index (χ4v) is 3.75. The Morgan fingerprint density at radius 1 is 1.38 bits per heavy atom. The summed E-state index contributed by atoms with van der Waals surface area (Å²) in [5.41, 5.74) is 9.00. The number of carbonyl (C=O) groups excluding carboxylic acids is 1. The van der Waals surface area contributed by atoms with E-state index in [1.807, 2.05) is 10.3 Å². The number of aryl methyl sites for hydroxylation is 1. The third kappa shape index (κ3) is 4.35. The number of halogens is 1. The minimum atomic E-state index is 0. The number of amides is 1. The molecule has 6 heteroatoms. The van der Waals surface area contributed by atoms with Crippen molar-refractivity contribution in [2.45, 2.75) is 26.2 Å².